The lowest BCUT2D eigenvalue weighted by atomic mass is 9.45. The van der Waals surface area contributed by atoms with Crippen molar-refractivity contribution in [3.05, 3.63) is 47.5 Å². The number of likely N-dealkylation sites (tertiary alicyclic amines) is 1. The van der Waals surface area contributed by atoms with Gasteiger partial charge in [0.1, 0.15) is 5.75 Å². The molecule has 1 aliphatic heterocycles. The molecule has 178 valence electrons. The van der Waals surface area contributed by atoms with Gasteiger partial charge < -0.3 is 14.9 Å². The lowest BCUT2D eigenvalue weighted by Crippen LogP contribution is -2.66. The van der Waals surface area contributed by atoms with Crippen molar-refractivity contribution < 1.29 is 13.5 Å². The summed E-state index contributed by atoms with van der Waals surface area (Å²) in [5.74, 6) is 0.255. The number of hydrogen-bond acceptors (Lipinski definition) is 5. The molecule has 0 amide bonds. The van der Waals surface area contributed by atoms with Gasteiger partial charge in [0.2, 0.25) is 10.0 Å². The molecule has 3 atom stereocenters. The van der Waals surface area contributed by atoms with Crippen molar-refractivity contribution in [2.24, 2.45) is 5.41 Å². The first-order chi connectivity index (χ1) is 15.6. The van der Waals surface area contributed by atoms with E-state index in [9.17, 15) is 13.5 Å². The fourth-order valence-corrected chi connectivity index (χ4v) is 7.77. The number of piperidine rings is 1. The molecule has 0 aromatic heterocycles. The van der Waals surface area contributed by atoms with E-state index in [0.717, 1.165) is 25.6 Å². The molecule has 2 aliphatic carbocycles. The molecular formula is C26H35N3O3S. The van der Waals surface area contributed by atoms with Gasteiger partial charge >= 0.3 is 0 Å². The normalized spacial score (nSPS) is 29.2. The SMILES string of the molecule is CN(c1cc2c(cc1O)[C@]13CCCC[C@]1(C)[C@H](C2)N(C)CC3)c1ccccc1NS(C)(=O)=O. The third kappa shape index (κ3) is 3.43. The summed E-state index contributed by atoms with van der Waals surface area (Å²) in [4.78, 5) is 4.43. The van der Waals surface area contributed by atoms with Crippen molar-refractivity contribution in [1.29, 1.82) is 0 Å². The van der Waals surface area contributed by atoms with Gasteiger partial charge in [-0.2, -0.15) is 0 Å². The van der Waals surface area contributed by atoms with Crippen LogP contribution in [0.2, 0.25) is 0 Å². The molecule has 2 aromatic rings. The van der Waals surface area contributed by atoms with E-state index < -0.39 is 10.0 Å². The zero-order valence-corrected chi connectivity index (χ0v) is 20.9. The van der Waals surface area contributed by atoms with Gasteiger partial charge in [-0.05, 0) is 80.1 Å². The predicted octanol–water partition coefficient (Wildman–Crippen LogP) is 4.61. The Balaban J connectivity index is 1.61. The highest BCUT2D eigenvalue weighted by atomic mass is 32.2. The van der Waals surface area contributed by atoms with Crippen molar-refractivity contribution in [3.8, 4) is 5.75 Å². The van der Waals surface area contributed by atoms with Crippen LogP contribution in [0.25, 0.3) is 0 Å². The Bertz CT molecular complexity index is 1200. The van der Waals surface area contributed by atoms with Gasteiger partial charge in [-0.25, -0.2) is 8.42 Å². The lowest BCUT2D eigenvalue weighted by molar-refractivity contribution is -0.0735. The molecule has 2 aromatic carbocycles. The van der Waals surface area contributed by atoms with E-state index in [1.807, 2.05) is 30.1 Å². The van der Waals surface area contributed by atoms with Crippen LogP contribution in [0, 0.1) is 5.41 Å². The second-order valence-electron chi connectivity index (χ2n) is 10.6. The molecule has 33 heavy (non-hydrogen) atoms. The summed E-state index contributed by atoms with van der Waals surface area (Å²) >= 11 is 0. The molecule has 1 saturated carbocycles. The molecule has 2 fully saturated rings. The molecule has 6 nitrogen and oxygen atoms in total. The fourth-order valence-electron chi connectivity index (χ4n) is 7.20. The molecule has 0 radical (unpaired) electrons. The van der Waals surface area contributed by atoms with Crippen LogP contribution < -0.4 is 9.62 Å². The summed E-state index contributed by atoms with van der Waals surface area (Å²) in [6, 6.07) is 12.0. The molecular weight excluding hydrogens is 434 g/mol. The molecule has 1 heterocycles. The van der Waals surface area contributed by atoms with Gasteiger partial charge in [0.25, 0.3) is 0 Å². The van der Waals surface area contributed by atoms with Crippen LogP contribution in [0.3, 0.4) is 0 Å². The van der Waals surface area contributed by atoms with E-state index in [-0.39, 0.29) is 16.6 Å². The van der Waals surface area contributed by atoms with Gasteiger partial charge in [-0.15, -0.1) is 0 Å². The standard InChI is InChI=1S/C26H35N3O3S/c1-25-11-7-8-12-26(25)13-14-28(2)24(25)16-18-15-22(23(30)17-19(18)26)29(3)21-10-6-5-9-20(21)27-33(4,31)32/h5-6,9-10,15,17,24,27,30H,7-8,11-14,16H2,1-4H3/t24-,25+,26+/m0/s1. The number of likely N-dealkylation sites (N-methyl/N-ethyl adjacent to an activating group) is 1. The second-order valence-corrected chi connectivity index (χ2v) is 12.4. The Hall–Kier alpha value is -2.25. The molecule has 3 aliphatic rings. The smallest absolute Gasteiger partial charge is 0.229 e. The minimum atomic E-state index is -3.42. The van der Waals surface area contributed by atoms with E-state index in [1.54, 1.807) is 12.1 Å². The molecule has 1 saturated heterocycles. The Labute approximate surface area is 197 Å². The first-order valence-corrected chi connectivity index (χ1v) is 13.8. The number of anilines is 3. The van der Waals surface area contributed by atoms with Crippen LogP contribution in [0.1, 0.15) is 50.2 Å². The quantitative estimate of drug-likeness (QED) is 0.684. The van der Waals surface area contributed by atoms with Crippen LogP contribution in [0.15, 0.2) is 36.4 Å². The van der Waals surface area contributed by atoms with Crippen molar-refractivity contribution in [3.63, 3.8) is 0 Å². The highest BCUT2D eigenvalue weighted by molar-refractivity contribution is 7.92. The van der Waals surface area contributed by atoms with E-state index in [4.69, 9.17) is 0 Å². The number of hydrogen-bond donors (Lipinski definition) is 2. The monoisotopic (exact) mass is 469 g/mol. The third-order valence-corrected chi connectivity index (χ3v) is 9.44. The third-order valence-electron chi connectivity index (χ3n) is 8.85. The van der Waals surface area contributed by atoms with Crippen LogP contribution in [-0.4, -0.2) is 51.4 Å². The topological polar surface area (TPSA) is 72.9 Å². The van der Waals surface area contributed by atoms with Gasteiger partial charge in [0.15, 0.2) is 0 Å². The van der Waals surface area contributed by atoms with E-state index >= 15 is 0 Å². The van der Waals surface area contributed by atoms with Crippen molar-refractivity contribution in [2.45, 2.75) is 56.9 Å². The zero-order chi connectivity index (χ0) is 23.6. The summed E-state index contributed by atoms with van der Waals surface area (Å²) in [6.45, 7) is 3.59. The van der Waals surface area contributed by atoms with Crippen LogP contribution >= 0.6 is 0 Å². The molecule has 0 spiro atoms. The number of nitrogens with one attached hydrogen (secondary N) is 1. The van der Waals surface area contributed by atoms with Gasteiger partial charge in [0, 0.05) is 18.5 Å². The number of aromatic hydroxyl groups is 1. The predicted molar refractivity (Wildman–Crippen MR) is 134 cm³/mol. The molecule has 5 rings (SSSR count). The molecule has 0 unspecified atom stereocenters. The zero-order valence-electron chi connectivity index (χ0n) is 20.1. The number of nitrogens with zero attached hydrogens (tertiary/aromatic N) is 2. The lowest BCUT2D eigenvalue weighted by Gasteiger charge is -2.65. The maximum absolute atomic E-state index is 11.9. The second kappa shape index (κ2) is 7.64. The number of rotatable bonds is 4. The van der Waals surface area contributed by atoms with E-state index in [1.165, 1.54) is 36.8 Å². The number of benzene rings is 2. The van der Waals surface area contributed by atoms with Gasteiger partial charge in [-0.1, -0.05) is 31.9 Å². The summed E-state index contributed by atoms with van der Waals surface area (Å²) in [7, 11) is 0.720. The minimum Gasteiger partial charge on any atom is -0.506 e. The average molecular weight is 470 g/mol. The van der Waals surface area contributed by atoms with Crippen LogP contribution in [0.5, 0.6) is 5.75 Å². The van der Waals surface area contributed by atoms with Crippen LogP contribution in [-0.2, 0) is 21.9 Å². The van der Waals surface area contributed by atoms with Gasteiger partial charge in [-0.3, -0.25) is 4.72 Å². The van der Waals surface area contributed by atoms with E-state index in [0.29, 0.717) is 23.1 Å². The highest BCUT2D eigenvalue weighted by Gasteiger charge is 2.60. The summed E-state index contributed by atoms with van der Waals surface area (Å²) in [6.07, 6.45) is 8.24. The minimum absolute atomic E-state index is 0.125. The Morgan fingerprint density at radius 1 is 1.12 bits per heavy atom. The van der Waals surface area contributed by atoms with Crippen LogP contribution in [0.4, 0.5) is 17.1 Å². The van der Waals surface area contributed by atoms with Crippen molar-refractivity contribution in [1.82, 2.24) is 4.90 Å². The number of phenols is 1. The first kappa shape index (κ1) is 22.5. The molecule has 2 N–H and O–H groups in total. The number of sulfonamides is 1. The van der Waals surface area contributed by atoms with Gasteiger partial charge in [0.05, 0.1) is 23.3 Å². The maximum Gasteiger partial charge on any atom is 0.229 e. The Morgan fingerprint density at radius 2 is 1.85 bits per heavy atom. The fraction of sp³-hybridized carbons (Fsp3) is 0.538. The molecule has 7 heteroatoms. The summed E-state index contributed by atoms with van der Waals surface area (Å²) in [5.41, 5.74) is 4.91. The Kier molecular flexibility index (Phi) is 5.21. The van der Waals surface area contributed by atoms with Crippen molar-refractivity contribution in [2.75, 3.05) is 36.5 Å². The van der Waals surface area contributed by atoms with E-state index in [2.05, 4.69) is 29.7 Å². The average Bonchev–Trinajstić information content (AvgIpc) is 2.75. The first-order valence-electron chi connectivity index (χ1n) is 11.9. The summed E-state index contributed by atoms with van der Waals surface area (Å²) < 4.78 is 26.4. The number of fused-ring (bicyclic) bond motifs is 1. The molecule has 2 bridgehead atoms. The number of phenolic OH excluding ortho intramolecular Hbond substituents is 1. The maximum atomic E-state index is 11.9. The highest BCUT2D eigenvalue weighted by Crippen LogP contribution is 2.63. The Morgan fingerprint density at radius 3 is 2.61 bits per heavy atom. The number of para-hydroxylation sites is 2. The largest absolute Gasteiger partial charge is 0.506 e. The summed E-state index contributed by atoms with van der Waals surface area (Å²) in [5, 5.41) is 11.3. The van der Waals surface area contributed by atoms with Crippen molar-refractivity contribution >= 4 is 27.1 Å².